The monoisotopic (exact) mass is 217 g/mol. The molecular formula is C8H9Cl2N3. The van der Waals surface area contributed by atoms with E-state index in [1.54, 1.807) is 25.2 Å². The van der Waals surface area contributed by atoms with Crippen LogP contribution in [0, 0.1) is 0 Å². The minimum absolute atomic E-state index is 0.482. The zero-order valence-electron chi connectivity index (χ0n) is 7.09. The van der Waals surface area contributed by atoms with Crippen molar-refractivity contribution < 1.29 is 0 Å². The second-order valence-corrected chi connectivity index (χ2v) is 3.15. The number of rotatable bonds is 3. The van der Waals surface area contributed by atoms with E-state index in [1.165, 1.54) is 0 Å². The molecule has 0 atom stereocenters. The van der Waals surface area contributed by atoms with E-state index in [4.69, 9.17) is 23.2 Å². The Labute approximate surface area is 86.7 Å². The third-order valence-corrected chi connectivity index (χ3v) is 2.20. The summed E-state index contributed by atoms with van der Waals surface area (Å²) in [5.41, 5.74) is 3.55. The average molecular weight is 218 g/mol. The maximum atomic E-state index is 5.91. The molecule has 0 aromatic heterocycles. The van der Waals surface area contributed by atoms with Crippen molar-refractivity contribution in [3.63, 3.8) is 0 Å². The first-order chi connectivity index (χ1) is 6.25. The number of hydrogen-bond acceptors (Lipinski definition) is 2. The molecule has 0 radical (unpaired) electrons. The molecule has 0 aliphatic rings. The van der Waals surface area contributed by atoms with E-state index < -0.39 is 0 Å². The molecule has 0 fully saturated rings. The molecule has 0 heterocycles. The highest BCUT2D eigenvalue weighted by Crippen LogP contribution is 2.23. The van der Waals surface area contributed by atoms with Gasteiger partial charge in [-0.25, -0.2) is 0 Å². The maximum absolute atomic E-state index is 5.91. The highest BCUT2D eigenvalue weighted by atomic mass is 35.5. The average Bonchev–Trinajstić information content (AvgIpc) is 2.10. The van der Waals surface area contributed by atoms with Crippen LogP contribution >= 0.6 is 23.2 Å². The molecule has 0 spiro atoms. The Balaban J connectivity index is 2.75. The van der Waals surface area contributed by atoms with Gasteiger partial charge in [-0.2, -0.15) is 5.11 Å². The standard InChI is InChI=1S/C8H9Cl2N3/c1-11-13-12-5-6-7(9)3-2-4-8(6)10/h2-4H,5H2,1H3,(H,11,12). The first kappa shape index (κ1) is 10.3. The van der Waals surface area contributed by atoms with E-state index in [9.17, 15) is 0 Å². The van der Waals surface area contributed by atoms with Gasteiger partial charge in [-0.05, 0) is 12.1 Å². The Morgan fingerprint density at radius 3 is 2.46 bits per heavy atom. The van der Waals surface area contributed by atoms with Crippen molar-refractivity contribution >= 4 is 23.2 Å². The van der Waals surface area contributed by atoms with Gasteiger partial charge in [-0.1, -0.05) is 34.5 Å². The summed E-state index contributed by atoms with van der Waals surface area (Å²) in [7, 11) is 1.58. The summed E-state index contributed by atoms with van der Waals surface area (Å²) < 4.78 is 0. The van der Waals surface area contributed by atoms with Crippen molar-refractivity contribution in [3.8, 4) is 0 Å². The summed E-state index contributed by atoms with van der Waals surface area (Å²) in [6, 6.07) is 5.37. The van der Waals surface area contributed by atoms with E-state index in [0.29, 0.717) is 16.6 Å². The largest absolute Gasteiger partial charge is 0.287 e. The quantitative estimate of drug-likeness (QED) is 0.614. The molecule has 1 aromatic rings. The van der Waals surface area contributed by atoms with E-state index in [0.717, 1.165) is 5.56 Å². The summed E-state index contributed by atoms with van der Waals surface area (Å²) in [6.07, 6.45) is 0. The summed E-state index contributed by atoms with van der Waals surface area (Å²) >= 11 is 11.8. The van der Waals surface area contributed by atoms with Crippen LogP contribution < -0.4 is 5.43 Å². The summed E-state index contributed by atoms with van der Waals surface area (Å²) in [5, 5.41) is 8.41. The summed E-state index contributed by atoms with van der Waals surface area (Å²) in [6.45, 7) is 0.482. The molecule has 0 bridgehead atoms. The van der Waals surface area contributed by atoms with Crippen molar-refractivity contribution in [2.45, 2.75) is 6.54 Å². The van der Waals surface area contributed by atoms with Crippen LogP contribution in [0.4, 0.5) is 0 Å². The fourth-order valence-corrected chi connectivity index (χ4v) is 1.42. The van der Waals surface area contributed by atoms with Gasteiger partial charge in [-0.3, -0.25) is 5.43 Å². The van der Waals surface area contributed by atoms with Crippen LogP contribution in [0.1, 0.15) is 5.56 Å². The molecule has 0 saturated heterocycles. The molecule has 13 heavy (non-hydrogen) atoms. The predicted molar refractivity (Wildman–Crippen MR) is 54.1 cm³/mol. The Kier molecular flexibility index (Phi) is 3.99. The van der Waals surface area contributed by atoms with Crippen LogP contribution in [0.3, 0.4) is 0 Å². The molecular weight excluding hydrogens is 209 g/mol. The minimum atomic E-state index is 0.482. The molecule has 0 unspecified atom stereocenters. The zero-order chi connectivity index (χ0) is 9.68. The Hall–Kier alpha value is -0.800. The lowest BCUT2D eigenvalue weighted by molar-refractivity contribution is 0.690. The molecule has 0 aliphatic heterocycles. The van der Waals surface area contributed by atoms with Crippen LogP contribution in [0.15, 0.2) is 28.5 Å². The minimum Gasteiger partial charge on any atom is -0.287 e. The second kappa shape index (κ2) is 5.04. The second-order valence-electron chi connectivity index (χ2n) is 2.34. The number of halogens is 2. The van der Waals surface area contributed by atoms with E-state index in [1.807, 2.05) is 0 Å². The lowest BCUT2D eigenvalue weighted by Gasteiger charge is -2.04. The van der Waals surface area contributed by atoms with Gasteiger partial charge in [0.05, 0.1) is 13.6 Å². The summed E-state index contributed by atoms with van der Waals surface area (Å²) in [4.78, 5) is 0. The predicted octanol–water partition coefficient (Wildman–Crippen LogP) is 3.08. The molecule has 0 saturated carbocycles. The molecule has 0 amide bonds. The van der Waals surface area contributed by atoms with Gasteiger partial charge in [0.25, 0.3) is 0 Å². The number of nitrogens with one attached hydrogen (secondary N) is 1. The van der Waals surface area contributed by atoms with Crippen LogP contribution in [-0.2, 0) is 6.54 Å². The third kappa shape index (κ3) is 2.86. The number of benzene rings is 1. The van der Waals surface area contributed by atoms with Gasteiger partial charge < -0.3 is 0 Å². The van der Waals surface area contributed by atoms with Crippen LogP contribution in [0.25, 0.3) is 0 Å². The molecule has 1 rings (SSSR count). The highest BCUT2D eigenvalue weighted by Gasteiger charge is 2.03. The number of hydrogen-bond donors (Lipinski definition) is 1. The van der Waals surface area contributed by atoms with Gasteiger partial charge >= 0.3 is 0 Å². The normalized spacial score (nSPS) is 10.7. The maximum Gasteiger partial charge on any atom is 0.0626 e. The van der Waals surface area contributed by atoms with E-state index >= 15 is 0 Å². The summed E-state index contributed by atoms with van der Waals surface area (Å²) in [5.74, 6) is 0. The topological polar surface area (TPSA) is 36.8 Å². The first-order valence-electron chi connectivity index (χ1n) is 3.70. The van der Waals surface area contributed by atoms with Crippen molar-refractivity contribution in [1.82, 2.24) is 5.43 Å². The molecule has 70 valence electrons. The van der Waals surface area contributed by atoms with Gasteiger partial charge in [0.2, 0.25) is 0 Å². The third-order valence-electron chi connectivity index (χ3n) is 1.49. The fraction of sp³-hybridized carbons (Fsp3) is 0.250. The fourth-order valence-electron chi connectivity index (χ4n) is 0.886. The molecule has 1 N–H and O–H groups in total. The molecule has 0 aliphatic carbocycles. The number of nitrogens with zero attached hydrogens (tertiary/aromatic N) is 2. The Bertz CT molecular complexity index is 292. The SMILES string of the molecule is CN=NNCc1c(Cl)cccc1Cl. The van der Waals surface area contributed by atoms with Crippen LogP contribution in [0.2, 0.25) is 10.0 Å². The Morgan fingerprint density at radius 2 is 1.92 bits per heavy atom. The lowest BCUT2D eigenvalue weighted by Crippen LogP contribution is -2.04. The first-order valence-corrected chi connectivity index (χ1v) is 4.46. The van der Waals surface area contributed by atoms with Crippen molar-refractivity contribution in [3.05, 3.63) is 33.8 Å². The molecule has 3 nitrogen and oxygen atoms in total. The van der Waals surface area contributed by atoms with Gasteiger partial charge in [-0.15, -0.1) is 0 Å². The van der Waals surface area contributed by atoms with E-state index in [2.05, 4.69) is 15.8 Å². The lowest BCUT2D eigenvalue weighted by atomic mass is 10.2. The Morgan fingerprint density at radius 1 is 1.31 bits per heavy atom. The van der Waals surface area contributed by atoms with Crippen LogP contribution in [0.5, 0.6) is 0 Å². The van der Waals surface area contributed by atoms with Gasteiger partial charge in [0, 0.05) is 15.6 Å². The van der Waals surface area contributed by atoms with Crippen molar-refractivity contribution in [2.24, 2.45) is 10.3 Å². The van der Waals surface area contributed by atoms with E-state index in [-0.39, 0.29) is 0 Å². The van der Waals surface area contributed by atoms with Gasteiger partial charge in [0.15, 0.2) is 0 Å². The van der Waals surface area contributed by atoms with Crippen LogP contribution in [-0.4, -0.2) is 7.05 Å². The molecule has 1 aromatic carbocycles. The van der Waals surface area contributed by atoms with Gasteiger partial charge in [0.1, 0.15) is 0 Å². The smallest absolute Gasteiger partial charge is 0.0626 e. The zero-order valence-corrected chi connectivity index (χ0v) is 8.60. The molecule has 5 heteroatoms. The highest BCUT2D eigenvalue weighted by molar-refractivity contribution is 6.35. The van der Waals surface area contributed by atoms with Crippen molar-refractivity contribution in [1.29, 1.82) is 0 Å². The van der Waals surface area contributed by atoms with Crippen molar-refractivity contribution in [2.75, 3.05) is 7.05 Å².